The molecular weight excluding hydrogens is 276 g/mol. The molecule has 2 aromatic rings. The molecule has 0 radical (unpaired) electrons. The number of amides is 1. The van der Waals surface area contributed by atoms with Crippen molar-refractivity contribution in [2.45, 2.75) is 13.0 Å². The van der Waals surface area contributed by atoms with Crippen LogP contribution >= 0.6 is 11.6 Å². The summed E-state index contributed by atoms with van der Waals surface area (Å²) in [4.78, 5) is 12.1. The van der Waals surface area contributed by atoms with E-state index in [9.17, 15) is 9.90 Å². The maximum atomic E-state index is 12.1. The predicted molar refractivity (Wildman–Crippen MR) is 79.9 cm³/mol. The highest BCUT2D eigenvalue weighted by atomic mass is 35.5. The van der Waals surface area contributed by atoms with Crippen LogP contribution in [0.4, 0.5) is 5.69 Å². The van der Waals surface area contributed by atoms with Crippen molar-refractivity contribution >= 4 is 23.2 Å². The molecule has 20 heavy (non-hydrogen) atoms. The Labute approximate surface area is 122 Å². The van der Waals surface area contributed by atoms with E-state index in [1.807, 2.05) is 19.1 Å². The second-order valence-corrected chi connectivity index (χ2v) is 4.95. The topological polar surface area (TPSA) is 75.3 Å². The second kappa shape index (κ2) is 5.84. The quantitative estimate of drug-likeness (QED) is 0.600. The van der Waals surface area contributed by atoms with Crippen LogP contribution in [0, 0.1) is 0 Å². The number of hydrogen-bond acceptors (Lipinski definition) is 3. The van der Waals surface area contributed by atoms with E-state index >= 15 is 0 Å². The molecule has 0 spiro atoms. The molecule has 2 rings (SSSR count). The summed E-state index contributed by atoms with van der Waals surface area (Å²) in [6, 6.07) is 11.3. The SMILES string of the molecule is CC(NC(=O)c1cc(O)ccc1N)c1ccc(Cl)cc1. The summed E-state index contributed by atoms with van der Waals surface area (Å²) in [7, 11) is 0. The molecule has 0 fully saturated rings. The lowest BCUT2D eigenvalue weighted by atomic mass is 10.1. The minimum Gasteiger partial charge on any atom is -0.508 e. The minimum absolute atomic E-state index is 0.00324. The van der Waals surface area contributed by atoms with Crippen molar-refractivity contribution in [3.63, 3.8) is 0 Å². The Bertz CT molecular complexity index is 626. The number of aromatic hydroxyl groups is 1. The fourth-order valence-electron chi connectivity index (χ4n) is 1.85. The first-order valence-electron chi connectivity index (χ1n) is 6.12. The Hall–Kier alpha value is -2.20. The first-order chi connectivity index (χ1) is 9.47. The van der Waals surface area contributed by atoms with Gasteiger partial charge in [0.15, 0.2) is 0 Å². The highest BCUT2D eigenvalue weighted by molar-refractivity contribution is 6.30. The van der Waals surface area contributed by atoms with E-state index in [0.717, 1.165) is 5.56 Å². The van der Waals surface area contributed by atoms with E-state index in [2.05, 4.69) is 5.32 Å². The number of nitrogens with two attached hydrogens (primary N) is 1. The van der Waals surface area contributed by atoms with Crippen molar-refractivity contribution in [3.05, 3.63) is 58.6 Å². The number of hydrogen-bond donors (Lipinski definition) is 3. The normalized spacial score (nSPS) is 11.9. The largest absolute Gasteiger partial charge is 0.508 e. The first-order valence-corrected chi connectivity index (χ1v) is 6.50. The van der Waals surface area contributed by atoms with Crippen molar-refractivity contribution in [2.75, 3.05) is 5.73 Å². The van der Waals surface area contributed by atoms with Crippen molar-refractivity contribution < 1.29 is 9.90 Å². The van der Waals surface area contributed by atoms with Gasteiger partial charge in [-0.15, -0.1) is 0 Å². The van der Waals surface area contributed by atoms with Gasteiger partial charge in [-0.2, -0.15) is 0 Å². The number of benzene rings is 2. The van der Waals surface area contributed by atoms with E-state index in [1.54, 1.807) is 12.1 Å². The summed E-state index contributed by atoms with van der Waals surface area (Å²) in [6.45, 7) is 1.86. The summed E-state index contributed by atoms with van der Waals surface area (Å²) in [5.41, 5.74) is 7.25. The molecule has 0 aromatic heterocycles. The van der Waals surface area contributed by atoms with Crippen LogP contribution < -0.4 is 11.1 Å². The average molecular weight is 291 g/mol. The maximum absolute atomic E-state index is 12.1. The van der Waals surface area contributed by atoms with Gasteiger partial charge in [-0.05, 0) is 42.8 Å². The second-order valence-electron chi connectivity index (χ2n) is 4.52. The number of anilines is 1. The Kier molecular flexibility index (Phi) is 4.15. The molecule has 4 N–H and O–H groups in total. The minimum atomic E-state index is -0.333. The van der Waals surface area contributed by atoms with E-state index < -0.39 is 0 Å². The number of rotatable bonds is 3. The summed E-state index contributed by atoms with van der Waals surface area (Å²) in [6.07, 6.45) is 0. The van der Waals surface area contributed by atoms with Crippen LogP contribution in [0.15, 0.2) is 42.5 Å². The fourth-order valence-corrected chi connectivity index (χ4v) is 1.98. The molecule has 4 nitrogen and oxygen atoms in total. The molecule has 0 aliphatic heterocycles. The zero-order chi connectivity index (χ0) is 14.7. The summed E-state index contributed by atoms with van der Waals surface area (Å²) >= 11 is 5.82. The molecule has 0 aliphatic rings. The highest BCUT2D eigenvalue weighted by Gasteiger charge is 2.14. The zero-order valence-corrected chi connectivity index (χ0v) is 11.7. The summed E-state index contributed by atoms with van der Waals surface area (Å²) in [5.74, 6) is -0.329. The lowest BCUT2D eigenvalue weighted by molar-refractivity contribution is 0.0940. The van der Waals surface area contributed by atoms with Gasteiger partial charge in [0.2, 0.25) is 0 Å². The molecule has 0 saturated carbocycles. The molecule has 1 unspecified atom stereocenters. The van der Waals surface area contributed by atoms with Crippen LogP contribution in [0.1, 0.15) is 28.9 Å². The molecule has 0 bridgehead atoms. The molecule has 1 amide bonds. The Morgan fingerprint density at radius 1 is 1.25 bits per heavy atom. The summed E-state index contributed by atoms with van der Waals surface area (Å²) in [5, 5.41) is 12.9. The third-order valence-corrected chi connectivity index (χ3v) is 3.25. The van der Waals surface area contributed by atoms with Gasteiger partial charge in [0.05, 0.1) is 11.6 Å². The standard InChI is InChI=1S/C15H15ClN2O2/c1-9(10-2-4-11(16)5-3-10)18-15(20)13-8-12(19)6-7-14(13)17/h2-9,19H,17H2,1H3,(H,18,20). The van der Waals surface area contributed by atoms with Gasteiger partial charge in [-0.3, -0.25) is 4.79 Å². The monoisotopic (exact) mass is 290 g/mol. The van der Waals surface area contributed by atoms with Gasteiger partial charge >= 0.3 is 0 Å². The third kappa shape index (κ3) is 3.22. The van der Waals surface area contributed by atoms with Crippen LogP contribution in [-0.2, 0) is 0 Å². The molecule has 0 saturated heterocycles. The van der Waals surface area contributed by atoms with E-state index in [-0.39, 0.29) is 23.3 Å². The predicted octanol–water partition coefficient (Wildman–Crippen LogP) is 3.12. The number of carbonyl (C=O) groups excluding carboxylic acids is 1. The lowest BCUT2D eigenvalue weighted by Crippen LogP contribution is -2.27. The Morgan fingerprint density at radius 2 is 1.90 bits per heavy atom. The first kappa shape index (κ1) is 14.2. The van der Waals surface area contributed by atoms with Crippen molar-refractivity contribution in [3.8, 4) is 5.75 Å². The smallest absolute Gasteiger partial charge is 0.253 e. The van der Waals surface area contributed by atoms with Crippen LogP contribution in [-0.4, -0.2) is 11.0 Å². The number of nitrogens with one attached hydrogen (secondary N) is 1. The molecule has 0 heterocycles. The molecule has 0 aliphatic carbocycles. The number of nitrogen functional groups attached to an aromatic ring is 1. The molecular formula is C15H15ClN2O2. The van der Waals surface area contributed by atoms with Gasteiger partial charge in [-0.1, -0.05) is 23.7 Å². The summed E-state index contributed by atoms with van der Waals surface area (Å²) < 4.78 is 0. The van der Waals surface area contributed by atoms with E-state index in [0.29, 0.717) is 10.7 Å². The van der Waals surface area contributed by atoms with Crippen LogP contribution in [0.5, 0.6) is 5.75 Å². The van der Waals surface area contributed by atoms with Gasteiger partial charge in [0.1, 0.15) is 5.75 Å². The average Bonchev–Trinajstić information content (AvgIpc) is 2.42. The van der Waals surface area contributed by atoms with Crippen LogP contribution in [0.3, 0.4) is 0 Å². The Morgan fingerprint density at radius 3 is 2.55 bits per heavy atom. The van der Waals surface area contributed by atoms with Gasteiger partial charge in [0, 0.05) is 10.7 Å². The van der Waals surface area contributed by atoms with Crippen molar-refractivity contribution in [1.82, 2.24) is 5.32 Å². The molecule has 104 valence electrons. The van der Waals surface area contributed by atoms with Gasteiger partial charge in [0.25, 0.3) is 5.91 Å². The number of phenolic OH excluding ortho intramolecular Hbond substituents is 1. The number of halogens is 1. The van der Waals surface area contributed by atoms with Crippen molar-refractivity contribution in [1.29, 1.82) is 0 Å². The van der Waals surface area contributed by atoms with E-state index in [4.69, 9.17) is 17.3 Å². The molecule has 1 atom stereocenters. The van der Waals surface area contributed by atoms with Crippen LogP contribution in [0.2, 0.25) is 5.02 Å². The number of phenols is 1. The van der Waals surface area contributed by atoms with Gasteiger partial charge in [-0.25, -0.2) is 0 Å². The highest BCUT2D eigenvalue weighted by Crippen LogP contribution is 2.20. The third-order valence-electron chi connectivity index (χ3n) is 3.00. The maximum Gasteiger partial charge on any atom is 0.253 e. The lowest BCUT2D eigenvalue weighted by Gasteiger charge is -2.15. The van der Waals surface area contributed by atoms with Crippen LogP contribution in [0.25, 0.3) is 0 Å². The van der Waals surface area contributed by atoms with Crippen molar-refractivity contribution in [2.24, 2.45) is 0 Å². The Balaban J connectivity index is 2.15. The van der Waals surface area contributed by atoms with E-state index in [1.165, 1.54) is 18.2 Å². The fraction of sp³-hybridized carbons (Fsp3) is 0.133. The molecule has 5 heteroatoms. The number of carbonyl (C=O) groups is 1. The van der Waals surface area contributed by atoms with Gasteiger partial charge < -0.3 is 16.2 Å². The zero-order valence-electron chi connectivity index (χ0n) is 10.9. The molecule has 2 aromatic carbocycles.